The first-order valence-corrected chi connectivity index (χ1v) is 8.88. The Morgan fingerprint density at radius 1 is 1.30 bits per heavy atom. The average Bonchev–Trinajstić information content (AvgIpc) is 2.87. The van der Waals surface area contributed by atoms with E-state index in [4.69, 9.17) is 0 Å². The van der Waals surface area contributed by atoms with E-state index in [0.29, 0.717) is 5.75 Å². The number of aromatic nitrogens is 3. The Labute approximate surface area is 141 Å². The molecular weight excluding hydrogens is 308 g/mol. The molecule has 6 heteroatoms. The molecule has 0 saturated carbocycles. The molecule has 0 bridgehead atoms. The van der Waals surface area contributed by atoms with Gasteiger partial charge in [0.2, 0.25) is 5.91 Å². The van der Waals surface area contributed by atoms with E-state index in [0.717, 1.165) is 29.4 Å². The highest BCUT2D eigenvalue weighted by molar-refractivity contribution is 7.99. The lowest BCUT2D eigenvalue weighted by atomic mass is 10.1. The molecule has 2 aromatic rings. The van der Waals surface area contributed by atoms with Crippen molar-refractivity contribution < 1.29 is 4.79 Å². The van der Waals surface area contributed by atoms with Crippen molar-refractivity contribution in [2.24, 2.45) is 7.05 Å². The largest absolute Gasteiger partial charge is 0.353 e. The van der Waals surface area contributed by atoms with E-state index < -0.39 is 0 Å². The van der Waals surface area contributed by atoms with Gasteiger partial charge < -0.3 is 9.88 Å². The van der Waals surface area contributed by atoms with E-state index in [1.54, 1.807) is 0 Å². The molecule has 23 heavy (non-hydrogen) atoms. The number of nitrogens with zero attached hydrogens (tertiary/aromatic N) is 3. The lowest BCUT2D eigenvalue weighted by Gasteiger charge is -2.12. The maximum absolute atomic E-state index is 11.9. The van der Waals surface area contributed by atoms with E-state index in [2.05, 4.69) is 41.5 Å². The molecule has 1 aromatic heterocycles. The molecule has 0 spiro atoms. The molecule has 1 aromatic carbocycles. The summed E-state index contributed by atoms with van der Waals surface area (Å²) in [5.41, 5.74) is 2.24. The summed E-state index contributed by atoms with van der Waals surface area (Å²) < 4.78 is 1.93. The Kier molecular flexibility index (Phi) is 6.21. The summed E-state index contributed by atoms with van der Waals surface area (Å²) in [5, 5.41) is 12.2. The zero-order chi connectivity index (χ0) is 16.8. The second-order valence-electron chi connectivity index (χ2n) is 5.78. The zero-order valence-corrected chi connectivity index (χ0v) is 15.0. The van der Waals surface area contributed by atoms with Gasteiger partial charge in [0.15, 0.2) is 11.0 Å². The standard InChI is InChI=1S/C17H24N4OS/c1-5-6-13(3)18-15(22)11-23-17-20-19-16(21(17)4)14-9-7-12(2)8-10-14/h7-10,13H,5-6,11H2,1-4H3,(H,18,22). The minimum Gasteiger partial charge on any atom is -0.353 e. The van der Waals surface area contributed by atoms with Crippen LogP contribution in [0.4, 0.5) is 0 Å². The van der Waals surface area contributed by atoms with Crippen LogP contribution < -0.4 is 5.32 Å². The molecule has 1 heterocycles. The van der Waals surface area contributed by atoms with E-state index >= 15 is 0 Å². The number of carbonyl (C=O) groups excluding carboxylic acids is 1. The lowest BCUT2D eigenvalue weighted by Crippen LogP contribution is -2.33. The fourth-order valence-corrected chi connectivity index (χ4v) is 3.07. The van der Waals surface area contributed by atoms with Crippen molar-refractivity contribution in [3.63, 3.8) is 0 Å². The molecule has 0 aliphatic heterocycles. The number of carbonyl (C=O) groups is 1. The van der Waals surface area contributed by atoms with Crippen LogP contribution in [-0.2, 0) is 11.8 Å². The topological polar surface area (TPSA) is 59.8 Å². The van der Waals surface area contributed by atoms with Crippen LogP contribution >= 0.6 is 11.8 Å². The Morgan fingerprint density at radius 2 is 2.00 bits per heavy atom. The molecule has 0 fully saturated rings. The van der Waals surface area contributed by atoms with Crippen molar-refractivity contribution in [2.75, 3.05) is 5.75 Å². The number of nitrogens with one attached hydrogen (secondary N) is 1. The van der Waals surface area contributed by atoms with Crippen molar-refractivity contribution in [3.8, 4) is 11.4 Å². The van der Waals surface area contributed by atoms with E-state index in [9.17, 15) is 4.79 Å². The first-order valence-electron chi connectivity index (χ1n) is 7.89. The molecule has 1 unspecified atom stereocenters. The van der Waals surface area contributed by atoms with Crippen LogP contribution in [0.2, 0.25) is 0 Å². The van der Waals surface area contributed by atoms with Gasteiger partial charge in [-0.25, -0.2) is 0 Å². The van der Waals surface area contributed by atoms with Gasteiger partial charge in [-0.05, 0) is 20.3 Å². The van der Waals surface area contributed by atoms with Gasteiger partial charge in [0.25, 0.3) is 0 Å². The normalized spacial score (nSPS) is 12.2. The predicted molar refractivity (Wildman–Crippen MR) is 94.4 cm³/mol. The summed E-state index contributed by atoms with van der Waals surface area (Å²) in [7, 11) is 1.93. The fraction of sp³-hybridized carbons (Fsp3) is 0.471. The second-order valence-corrected chi connectivity index (χ2v) is 6.72. The van der Waals surface area contributed by atoms with Crippen LogP contribution in [0.25, 0.3) is 11.4 Å². The van der Waals surface area contributed by atoms with Gasteiger partial charge in [0, 0.05) is 18.7 Å². The molecule has 1 N–H and O–H groups in total. The van der Waals surface area contributed by atoms with Gasteiger partial charge in [-0.3, -0.25) is 4.79 Å². The predicted octanol–water partition coefficient (Wildman–Crippen LogP) is 3.19. The Bertz CT molecular complexity index is 651. The molecule has 0 saturated heterocycles. The highest BCUT2D eigenvalue weighted by Crippen LogP contribution is 2.22. The fourth-order valence-electron chi connectivity index (χ4n) is 2.35. The molecular formula is C17H24N4OS. The van der Waals surface area contributed by atoms with Crippen LogP contribution in [-0.4, -0.2) is 32.5 Å². The van der Waals surface area contributed by atoms with Crippen molar-refractivity contribution in [1.82, 2.24) is 20.1 Å². The highest BCUT2D eigenvalue weighted by Gasteiger charge is 2.13. The van der Waals surface area contributed by atoms with Gasteiger partial charge in [-0.2, -0.15) is 0 Å². The van der Waals surface area contributed by atoms with Crippen molar-refractivity contribution >= 4 is 17.7 Å². The molecule has 0 aliphatic rings. The number of hydrogen-bond acceptors (Lipinski definition) is 4. The molecule has 124 valence electrons. The first-order chi connectivity index (χ1) is 11.0. The molecule has 0 radical (unpaired) electrons. The number of thioether (sulfide) groups is 1. The number of aryl methyl sites for hydroxylation is 1. The number of rotatable bonds is 7. The SMILES string of the molecule is CCCC(C)NC(=O)CSc1nnc(-c2ccc(C)cc2)n1C. The maximum atomic E-state index is 11.9. The molecule has 0 aliphatic carbocycles. The minimum atomic E-state index is 0.0378. The molecule has 2 rings (SSSR count). The third-order valence-corrected chi connectivity index (χ3v) is 4.63. The summed E-state index contributed by atoms with van der Waals surface area (Å²) in [6.45, 7) is 6.20. The Balaban J connectivity index is 1.97. The summed E-state index contributed by atoms with van der Waals surface area (Å²) in [4.78, 5) is 11.9. The van der Waals surface area contributed by atoms with Crippen molar-refractivity contribution in [1.29, 1.82) is 0 Å². The van der Waals surface area contributed by atoms with Gasteiger partial charge in [0.05, 0.1) is 5.75 Å². The minimum absolute atomic E-state index is 0.0378. The van der Waals surface area contributed by atoms with Gasteiger partial charge in [0.1, 0.15) is 0 Å². The van der Waals surface area contributed by atoms with Gasteiger partial charge in [-0.15, -0.1) is 10.2 Å². The second kappa shape index (κ2) is 8.15. The number of hydrogen-bond donors (Lipinski definition) is 1. The van der Waals surface area contributed by atoms with Crippen LogP contribution in [0.1, 0.15) is 32.3 Å². The van der Waals surface area contributed by atoms with Gasteiger partial charge >= 0.3 is 0 Å². The number of amides is 1. The van der Waals surface area contributed by atoms with Gasteiger partial charge in [-0.1, -0.05) is 54.9 Å². The summed E-state index contributed by atoms with van der Waals surface area (Å²) in [6.07, 6.45) is 2.07. The zero-order valence-electron chi connectivity index (χ0n) is 14.2. The van der Waals surface area contributed by atoms with Crippen molar-refractivity contribution in [2.45, 2.75) is 44.8 Å². The summed E-state index contributed by atoms with van der Waals surface area (Å²) >= 11 is 1.41. The van der Waals surface area contributed by atoms with E-state index in [-0.39, 0.29) is 11.9 Å². The van der Waals surface area contributed by atoms with E-state index in [1.807, 2.05) is 30.7 Å². The van der Waals surface area contributed by atoms with E-state index in [1.165, 1.54) is 17.3 Å². The Hall–Kier alpha value is -1.82. The summed E-state index contributed by atoms with van der Waals surface area (Å²) in [5.74, 6) is 1.21. The van der Waals surface area contributed by atoms with Crippen LogP contribution in [0.15, 0.2) is 29.4 Å². The maximum Gasteiger partial charge on any atom is 0.230 e. The quantitative estimate of drug-likeness (QED) is 0.791. The third kappa shape index (κ3) is 4.82. The average molecular weight is 332 g/mol. The first kappa shape index (κ1) is 17.5. The number of benzene rings is 1. The molecule has 1 atom stereocenters. The summed E-state index contributed by atoms with van der Waals surface area (Å²) in [6, 6.07) is 8.40. The molecule has 5 nitrogen and oxygen atoms in total. The lowest BCUT2D eigenvalue weighted by molar-refractivity contribution is -0.119. The molecule has 1 amide bonds. The third-order valence-electron chi connectivity index (χ3n) is 3.61. The smallest absolute Gasteiger partial charge is 0.230 e. The van der Waals surface area contributed by atoms with Crippen LogP contribution in [0, 0.1) is 6.92 Å². The van der Waals surface area contributed by atoms with Crippen LogP contribution in [0.3, 0.4) is 0 Å². The monoisotopic (exact) mass is 332 g/mol. The van der Waals surface area contributed by atoms with Crippen molar-refractivity contribution in [3.05, 3.63) is 29.8 Å². The van der Waals surface area contributed by atoms with Crippen LogP contribution in [0.5, 0.6) is 0 Å². The highest BCUT2D eigenvalue weighted by atomic mass is 32.2. The Morgan fingerprint density at radius 3 is 2.65 bits per heavy atom.